The van der Waals surface area contributed by atoms with E-state index in [-0.39, 0.29) is 18.4 Å². The predicted molar refractivity (Wildman–Crippen MR) is 120 cm³/mol. The maximum Gasteiger partial charge on any atom is 0.229 e. The van der Waals surface area contributed by atoms with Crippen LogP contribution in [0, 0.1) is 0 Å². The number of amides is 1. The number of aromatic amines is 2. The van der Waals surface area contributed by atoms with Crippen molar-refractivity contribution in [1.82, 2.24) is 25.1 Å². The van der Waals surface area contributed by atoms with Crippen LogP contribution in [0.25, 0.3) is 21.8 Å². The maximum atomic E-state index is 13.6. The quantitative estimate of drug-likeness (QED) is 0.472. The summed E-state index contributed by atoms with van der Waals surface area (Å²) < 4.78 is 0. The van der Waals surface area contributed by atoms with Crippen molar-refractivity contribution >= 4 is 27.7 Å². The second kappa shape index (κ2) is 7.09. The molecule has 1 aliphatic heterocycles. The summed E-state index contributed by atoms with van der Waals surface area (Å²) in [5.74, 6) is 0.0642. The fourth-order valence-corrected chi connectivity index (χ4v) is 4.76. The van der Waals surface area contributed by atoms with Gasteiger partial charge >= 0.3 is 0 Å². The molecule has 0 unspecified atom stereocenters. The third-order valence-corrected chi connectivity index (χ3v) is 6.19. The number of fused-ring (bicyclic) bond motifs is 4. The summed E-state index contributed by atoms with van der Waals surface area (Å²) in [5, 5.41) is 9.62. The van der Waals surface area contributed by atoms with E-state index in [1.807, 2.05) is 53.4 Å². The lowest BCUT2D eigenvalue weighted by atomic mass is 9.94. The highest BCUT2D eigenvalue weighted by Gasteiger charge is 2.35. The van der Waals surface area contributed by atoms with E-state index in [1.54, 1.807) is 6.20 Å². The van der Waals surface area contributed by atoms with E-state index < -0.39 is 0 Å². The number of hydrogen-bond donors (Lipinski definition) is 2. The van der Waals surface area contributed by atoms with Crippen molar-refractivity contribution in [2.24, 2.45) is 0 Å². The van der Waals surface area contributed by atoms with Crippen LogP contribution >= 0.6 is 0 Å². The van der Waals surface area contributed by atoms with Gasteiger partial charge in [-0.1, -0.05) is 42.5 Å². The number of H-pyrrole nitrogens is 2. The first kappa shape index (κ1) is 17.9. The van der Waals surface area contributed by atoms with Gasteiger partial charge in [-0.3, -0.25) is 14.9 Å². The Hall–Kier alpha value is -3.93. The molecule has 6 nitrogen and oxygen atoms in total. The average Bonchev–Trinajstić information content (AvgIpc) is 3.40. The van der Waals surface area contributed by atoms with E-state index in [9.17, 15) is 4.79 Å². The molecule has 1 atom stereocenters. The molecule has 4 heterocycles. The van der Waals surface area contributed by atoms with Gasteiger partial charge < -0.3 is 9.88 Å². The Morgan fingerprint density at radius 3 is 2.68 bits per heavy atom. The van der Waals surface area contributed by atoms with E-state index in [0.717, 1.165) is 39.9 Å². The zero-order valence-electron chi connectivity index (χ0n) is 16.9. The lowest BCUT2D eigenvalue weighted by Crippen LogP contribution is -2.41. The first-order valence-corrected chi connectivity index (χ1v) is 10.5. The Balaban J connectivity index is 1.42. The molecule has 0 spiro atoms. The van der Waals surface area contributed by atoms with Crippen molar-refractivity contribution in [1.29, 1.82) is 0 Å². The van der Waals surface area contributed by atoms with Crippen LogP contribution in [0.5, 0.6) is 0 Å². The van der Waals surface area contributed by atoms with Gasteiger partial charge in [-0.15, -0.1) is 0 Å². The number of hydrogen-bond acceptors (Lipinski definition) is 3. The van der Waals surface area contributed by atoms with E-state index in [4.69, 9.17) is 0 Å². The molecule has 6 rings (SSSR count). The highest BCUT2D eigenvalue weighted by molar-refractivity contribution is 5.89. The average molecular weight is 407 g/mol. The molecule has 0 radical (unpaired) electrons. The van der Waals surface area contributed by atoms with Gasteiger partial charge in [-0.25, -0.2) is 0 Å². The van der Waals surface area contributed by atoms with E-state index in [0.29, 0.717) is 6.54 Å². The summed E-state index contributed by atoms with van der Waals surface area (Å²) in [4.78, 5) is 23.7. The van der Waals surface area contributed by atoms with Crippen LogP contribution in [0.15, 0.2) is 72.9 Å². The first-order chi connectivity index (χ1) is 15.3. The Bertz CT molecular complexity index is 1400. The zero-order chi connectivity index (χ0) is 20.8. The number of pyridine rings is 1. The Kier molecular flexibility index (Phi) is 4.09. The van der Waals surface area contributed by atoms with E-state index >= 15 is 0 Å². The summed E-state index contributed by atoms with van der Waals surface area (Å²) in [6, 6.07) is 21.9. The molecule has 0 aliphatic carbocycles. The third-order valence-electron chi connectivity index (χ3n) is 6.19. The third kappa shape index (κ3) is 2.91. The minimum absolute atomic E-state index is 0.0642. The molecule has 6 heteroatoms. The minimum Gasteiger partial charge on any atom is -0.356 e. The van der Waals surface area contributed by atoms with E-state index in [1.165, 1.54) is 10.9 Å². The number of carbonyl (C=O) groups is 1. The molecule has 1 aliphatic rings. The van der Waals surface area contributed by atoms with Gasteiger partial charge in [0, 0.05) is 34.7 Å². The highest BCUT2D eigenvalue weighted by Crippen LogP contribution is 2.38. The second-order valence-electron chi connectivity index (χ2n) is 7.95. The van der Waals surface area contributed by atoms with Gasteiger partial charge in [0.05, 0.1) is 23.3 Å². The van der Waals surface area contributed by atoms with Crippen LogP contribution in [0.3, 0.4) is 0 Å². The lowest BCUT2D eigenvalue weighted by Gasteiger charge is -2.35. The molecule has 0 fully saturated rings. The standard InChI is InChI=1S/C25H21N5O/c31-23(15-22-18-8-2-4-10-20(18)28-29-22)30-14-12-17-16-7-1-3-9-19(16)27-24(17)25(30)21-11-5-6-13-26-21/h1-11,13,25,27H,12,14-15H2,(H,28,29)/t25-/m1/s1. The largest absolute Gasteiger partial charge is 0.356 e. The molecule has 2 N–H and O–H groups in total. The van der Waals surface area contributed by atoms with Crippen LogP contribution in [0.2, 0.25) is 0 Å². The molecule has 0 saturated carbocycles. The van der Waals surface area contributed by atoms with Crippen LogP contribution < -0.4 is 0 Å². The number of benzene rings is 2. The van der Waals surface area contributed by atoms with E-state index in [2.05, 4.69) is 38.4 Å². The minimum atomic E-state index is -0.237. The summed E-state index contributed by atoms with van der Waals surface area (Å²) in [7, 11) is 0. The molecule has 152 valence electrons. The highest BCUT2D eigenvalue weighted by atomic mass is 16.2. The van der Waals surface area contributed by atoms with Crippen LogP contribution in [-0.2, 0) is 17.6 Å². The van der Waals surface area contributed by atoms with Gasteiger partial charge in [0.1, 0.15) is 6.04 Å². The number of rotatable bonds is 3. The Morgan fingerprint density at radius 1 is 1.00 bits per heavy atom. The normalized spacial score (nSPS) is 16.0. The van der Waals surface area contributed by atoms with Gasteiger partial charge in [0.15, 0.2) is 0 Å². The smallest absolute Gasteiger partial charge is 0.229 e. The Labute approximate surface area is 178 Å². The zero-order valence-corrected chi connectivity index (χ0v) is 16.9. The van der Waals surface area contributed by atoms with Crippen molar-refractivity contribution in [3.05, 3.63) is 95.6 Å². The van der Waals surface area contributed by atoms with Crippen molar-refractivity contribution in [2.75, 3.05) is 6.54 Å². The van der Waals surface area contributed by atoms with Crippen LogP contribution in [0.1, 0.15) is 28.7 Å². The number of nitrogens with zero attached hydrogens (tertiary/aromatic N) is 3. The molecule has 31 heavy (non-hydrogen) atoms. The summed E-state index contributed by atoms with van der Waals surface area (Å²) in [5.41, 5.74) is 6.04. The molecular weight excluding hydrogens is 386 g/mol. The summed E-state index contributed by atoms with van der Waals surface area (Å²) in [6.45, 7) is 0.654. The van der Waals surface area contributed by atoms with Crippen LogP contribution in [-0.4, -0.2) is 37.5 Å². The van der Waals surface area contributed by atoms with Gasteiger partial charge in [0.25, 0.3) is 0 Å². The van der Waals surface area contributed by atoms with Crippen molar-refractivity contribution < 1.29 is 4.79 Å². The number of aromatic nitrogens is 4. The number of nitrogens with one attached hydrogen (secondary N) is 2. The van der Waals surface area contributed by atoms with Crippen LogP contribution in [0.4, 0.5) is 0 Å². The lowest BCUT2D eigenvalue weighted by molar-refractivity contribution is -0.132. The number of carbonyl (C=O) groups excluding carboxylic acids is 1. The monoisotopic (exact) mass is 407 g/mol. The molecule has 5 aromatic rings. The SMILES string of the molecule is O=C(Cc1[nH]nc2ccccc12)N1CCc2c([nH]c3ccccc23)[C@H]1c1ccccn1. The number of para-hydroxylation sites is 2. The summed E-state index contributed by atoms with van der Waals surface area (Å²) in [6.07, 6.45) is 2.88. The molecule has 3 aromatic heterocycles. The molecular formula is C25H21N5O. The molecule has 0 bridgehead atoms. The second-order valence-corrected chi connectivity index (χ2v) is 7.95. The summed E-state index contributed by atoms with van der Waals surface area (Å²) >= 11 is 0. The van der Waals surface area contributed by atoms with Gasteiger partial charge in [-0.05, 0) is 36.2 Å². The maximum absolute atomic E-state index is 13.6. The first-order valence-electron chi connectivity index (χ1n) is 10.5. The van der Waals surface area contributed by atoms with Crippen molar-refractivity contribution in [2.45, 2.75) is 18.9 Å². The van der Waals surface area contributed by atoms with Gasteiger partial charge in [-0.2, -0.15) is 5.10 Å². The Morgan fingerprint density at radius 2 is 1.81 bits per heavy atom. The molecule has 0 saturated heterocycles. The van der Waals surface area contributed by atoms with Crippen molar-refractivity contribution in [3.63, 3.8) is 0 Å². The predicted octanol–water partition coefficient (Wildman–Crippen LogP) is 4.16. The van der Waals surface area contributed by atoms with Crippen molar-refractivity contribution in [3.8, 4) is 0 Å². The molecule has 1 amide bonds. The fourth-order valence-electron chi connectivity index (χ4n) is 4.76. The molecule has 2 aromatic carbocycles. The topological polar surface area (TPSA) is 77.7 Å². The fraction of sp³-hybridized carbons (Fsp3) is 0.160. The van der Waals surface area contributed by atoms with Gasteiger partial charge in [0.2, 0.25) is 5.91 Å².